The van der Waals surface area contributed by atoms with Gasteiger partial charge in [-0.2, -0.15) is 0 Å². The molecule has 0 radical (unpaired) electrons. The van der Waals surface area contributed by atoms with Crippen LogP contribution < -0.4 is 4.98 Å². The van der Waals surface area contributed by atoms with Crippen molar-refractivity contribution < 1.29 is 25.5 Å². The molecular formula is C61H37N5OPt. The normalized spacial score (nSPS) is 11.8. The van der Waals surface area contributed by atoms with Crippen LogP contribution in [0.5, 0.6) is 0 Å². The first-order valence-corrected chi connectivity index (χ1v) is 22.6. The van der Waals surface area contributed by atoms with Crippen LogP contribution in [0.4, 0.5) is 0 Å². The second-order valence-corrected chi connectivity index (χ2v) is 17.3. The predicted octanol–water partition coefficient (Wildman–Crippen LogP) is 15.5. The smallest absolute Gasteiger partial charge is 0.656 e. The third-order valence-corrected chi connectivity index (χ3v) is 13.5. The molecule has 0 N–H and O–H groups in total. The molecule has 0 aliphatic heterocycles. The zero-order valence-electron chi connectivity index (χ0n) is 36.6. The number of nitrogens with zero attached hydrogens (tertiary/aromatic N) is 5. The van der Waals surface area contributed by atoms with Crippen LogP contribution in [-0.2, 0) is 21.1 Å². The van der Waals surface area contributed by atoms with Crippen LogP contribution in [0.1, 0.15) is 5.56 Å². The molecule has 0 spiro atoms. The standard InChI is InChI=1S/C61H37N5O.Pt/c1-37-43(39-18-7-3-8-19-39)32-33-62-60(37)66-51-25-13-11-22-45(51)46-29-28-40(36-53(46)66)44-24-15-26-52-59(44)64-61(65(52)42-20-9-4-10-21-42)49-35-41(38-16-5-2-6-17-38)34-48-56-50(63-58(48)49)30-31-55-57(56)47-23-12-14-27-54(47)67-55;/h2-35H,1H3;/q-2;+2. The Morgan fingerprint density at radius 2 is 1.24 bits per heavy atom. The van der Waals surface area contributed by atoms with Crippen molar-refractivity contribution >= 4 is 76.6 Å². The van der Waals surface area contributed by atoms with Gasteiger partial charge in [0.15, 0.2) is 0 Å². The van der Waals surface area contributed by atoms with Crippen molar-refractivity contribution in [3.8, 4) is 56.3 Å². The molecule has 5 aromatic heterocycles. The number of aromatic nitrogens is 5. The second kappa shape index (κ2) is 15.7. The zero-order valence-corrected chi connectivity index (χ0v) is 38.9. The van der Waals surface area contributed by atoms with Gasteiger partial charge in [0.25, 0.3) is 0 Å². The molecule has 0 saturated heterocycles. The van der Waals surface area contributed by atoms with Crippen LogP contribution in [0.2, 0.25) is 0 Å². The number of rotatable bonds is 6. The first kappa shape index (κ1) is 40.0. The Morgan fingerprint density at radius 1 is 0.515 bits per heavy atom. The second-order valence-electron chi connectivity index (χ2n) is 17.3. The first-order valence-electron chi connectivity index (χ1n) is 22.6. The number of furan rings is 1. The summed E-state index contributed by atoms with van der Waals surface area (Å²) in [6.45, 7) is 2.17. The summed E-state index contributed by atoms with van der Waals surface area (Å²) in [5, 5.41) is 6.55. The molecular weight excluding hydrogens is 1010 g/mol. The van der Waals surface area contributed by atoms with E-state index >= 15 is 0 Å². The average molecular weight is 1050 g/mol. The predicted molar refractivity (Wildman–Crippen MR) is 274 cm³/mol. The molecule has 14 aromatic rings. The molecule has 0 aliphatic rings. The summed E-state index contributed by atoms with van der Waals surface area (Å²) >= 11 is 0. The molecule has 14 rings (SSSR count). The van der Waals surface area contributed by atoms with Gasteiger partial charge in [-0.15, -0.1) is 34.8 Å². The van der Waals surface area contributed by atoms with E-state index in [0.717, 1.165) is 138 Å². The van der Waals surface area contributed by atoms with Crippen molar-refractivity contribution in [2.24, 2.45) is 0 Å². The molecule has 0 aliphatic carbocycles. The molecule has 0 amide bonds. The molecule has 0 atom stereocenters. The number of hydrogen-bond acceptors (Lipinski definition) is 3. The van der Waals surface area contributed by atoms with Crippen molar-refractivity contribution in [3.63, 3.8) is 0 Å². The molecule has 68 heavy (non-hydrogen) atoms. The molecule has 9 aromatic carbocycles. The van der Waals surface area contributed by atoms with Gasteiger partial charge in [-0.25, -0.2) is 9.97 Å². The van der Waals surface area contributed by atoms with Crippen LogP contribution in [-0.4, -0.2) is 19.1 Å². The Labute approximate surface area is 405 Å². The van der Waals surface area contributed by atoms with Crippen LogP contribution in [0.25, 0.3) is 133 Å². The number of benzene rings is 9. The molecule has 0 saturated carbocycles. The van der Waals surface area contributed by atoms with E-state index in [4.69, 9.17) is 19.4 Å². The van der Waals surface area contributed by atoms with E-state index in [1.54, 1.807) is 0 Å². The molecule has 5 heterocycles. The van der Waals surface area contributed by atoms with E-state index in [9.17, 15) is 0 Å². The van der Waals surface area contributed by atoms with Crippen molar-refractivity contribution in [2.75, 3.05) is 0 Å². The van der Waals surface area contributed by atoms with E-state index in [1.165, 1.54) is 0 Å². The molecule has 6 nitrogen and oxygen atoms in total. The van der Waals surface area contributed by atoms with Gasteiger partial charge in [-0.05, 0) is 105 Å². The van der Waals surface area contributed by atoms with E-state index in [2.05, 4.69) is 210 Å². The first-order chi connectivity index (χ1) is 33.2. The minimum Gasteiger partial charge on any atom is -0.656 e. The molecule has 0 bridgehead atoms. The van der Waals surface area contributed by atoms with E-state index in [0.29, 0.717) is 0 Å². The Bertz CT molecular complexity index is 4280. The van der Waals surface area contributed by atoms with Crippen molar-refractivity contribution in [2.45, 2.75) is 6.92 Å². The summed E-state index contributed by atoms with van der Waals surface area (Å²) in [7, 11) is 0. The molecule has 0 unspecified atom stereocenters. The third kappa shape index (κ3) is 6.01. The fourth-order valence-corrected chi connectivity index (χ4v) is 10.5. The maximum Gasteiger partial charge on any atom is 2.00 e. The summed E-state index contributed by atoms with van der Waals surface area (Å²) in [5.41, 5.74) is 16.9. The fourth-order valence-electron chi connectivity index (χ4n) is 10.5. The van der Waals surface area contributed by atoms with Crippen molar-refractivity contribution in [1.29, 1.82) is 0 Å². The summed E-state index contributed by atoms with van der Waals surface area (Å²) < 4.78 is 11.0. The van der Waals surface area contributed by atoms with Crippen molar-refractivity contribution in [3.05, 3.63) is 218 Å². The number of imidazole rings is 1. The van der Waals surface area contributed by atoms with E-state index in [-0.39, 0.29) is 21.1 Å². The Balaban J connectivity index is 0.00000457. The van der Waals surface area contributed by atoms with Crippen LogP contribution in [0, 0.1) is 13.0 Å². The summed E-state index contributed by atoms with van der Waals surface area (Å²) in [6.07, 6.45) is 1.92. The summed E-state index contributed by atoms with van der Waals surface area (Å²) in [4.78, 5) is 16.2. The van der Waals surface area contributed by atoms with E-state index in [1.807, 2.05) is 18.3 Å². The number of pyridine rings is 1. The minimum atomic E-state index is 0. The topological polar surface area (TPSA) is 62.9 Å². The quantitative estimate of drug-likeness (QED) is 0.156. The third-order valence-electron chi connectivity index (χ3n) is 13.5. The summed E-state index contributed by atoms with van der Waals surface area (Å²) in [5.74, 6) is 1.69. The van der Waals surface area contributed by atoms with Gasteiger partial charge < -0.3 is 14.0 Å². The number of hydrogen-bond donors (Lipinski definition) is 0. The van der Waals surface area contributed by atoms with Gasteiger partial charge in [0.1, 0.15) is 22.8 Å². The van der Waals surface area contributed by atoms with Gasteiger partial charge in [-0.3, -0.25) is 4.57 Å². The average Bonchev–Trinajstić information content (AvgIpc) is 4.16. The van der Waals surface area contributed by atoms with Crippen LogP contribution in [0.15, 0.2) is 211 Å². The maximum absolute atomic E-state index is 6.43. The van der Waals surface area contributed by atoms with Gasteiger partial charge in [0.2, 0.25) is 0 Å². The summed E-state index contributed by atoms with van der Waals surface area (Å²) in [6, 6.07) is 74.2. The molecule has 0 fully saturated rings. The Morgan fingerprint density at radius 3 is 2.06 bits per heavy atom. The number of para-hydroxylation sites is 4. The Kier molecular flexibility index (Phi) is 9.21. The van der Waals surface area contributed by atoms with Crippen LogP contribution in [0.3, 0.4) is 0 Å². The van der Waals surface area contributed by atoms with Gasteiger partial charge in [-0.1, -0.05) is 144 Å². The molecule has 322 valence electrons. The van der Waals surface area contributed by atoms with Gasteiger partial charge in [0, 0.05) is 39.3 Å². The molecule has 7 heteroatoms. The monoisotopic (exact) mass is 1050 g/mol. The van der Waals surface area contributed by atoms with Crippen molar-refractivity contribution in [1.82, 2.24) is 24.1 Å². The van der Waals surface area contributed by atoms with Crippen LogP contribution >= 0.6 is 0 Å². The largest absolute Gasteiger partial charge is 2.00 e. The Hall–Kier alpha value is -8.31. The zero-order chi connectivity index (χ0) is 44.2. The number of fused-ring (bicyclic) bond motifs is 11. The van der Waals surface area contributed by atoms with E-state index < -0.39 is 0 Å². The SMILES string of the molecule is Cc1c(-c2ccccc2)ccnc1-n1c2[c-]c(-c3cccc4c3nc(-c3cc(-c5ccccc5)cc5c3[n-]c3ccc6oc7ccccc7c6c35)n4-c3ccccc3)ccc2c2ccccc21.[Pt+2]. The van der Waals surface area contributed by atoms with Gasteiger partial charge >= 0.3 is 21.1 Å². The maximum atomic E-state index is 6.43. The van der Waals surface area contributed by atoms with Gasteiger partial charge in [0.05, 0.1) is 11.0 Å². The minimum absolute atomic E-state index is 0. The fraction of sp³-hybridized carbons (Fsp3) is 0.0164.